The van der Waals surface area contributed by atoms with E-state index in [1.54, 1.807) is 7.11 Å². The van der Waals surface area contributed by atoms with E-state index in [0.29, 0.717) is 11.7 Å². The largest absolute Gasteiger partial charge is 0.383 e. The fourth-order valence-electron chi connectivity index (χ4n) is 1.34. The molecule has 1 amide bonds. The third kappa shape index (κ3) is 7.42. The molecule has 94 valence electrons. The lowest BCUT2D eigenvalue weighted by Crippen LogP contribution is -2.52. The first-order valence-corrected chi connectivity index (χ1v) is 5.53. The zero-order valence-corrected chi connectivity index (χ0v) is 11.1. The number of amides is 1. The number of ether oxygens (including phenoxy) is 1. The van der Waals surface area contributed by atoms with Gasteiger partial charge in [-0.15, -0.1) is 0 Å². The molecule has 1 unspecified atom stereocenters. The molecule has 16 heavy (non-hydrogen) atoms. The van der Waals surface area contributed by atoms with Crippen LogP contribution >= 0.6 is 12.2 Å². The van der Waals surface area contributed by atoms with Crippen molar-refractivity contribution in [3.63, 3.8) is 0 Å². The average molecular weight is 247 g/mol. The highest BCUT2D eigenvalue weighted by atomic mass is 32.1. The van der Waals surface area contributed by atoms with Gasteiger partial charge in [-0.1, -0.05) is 0 Å². The van der Waals surface area contributed by atoms with Gasteiger partial charge in [0.05, 0.1) is 6.61 Å². The van der Waals surface area contributed by atoms with Crippen molar-refractivity contribution in [1.82, 2.24) is 10.6 Å². The summed E-state index contributed by atoms with van der Waals surface area (Å²) in [5, 5.41) is 6.59. The molecule has 0 spiro atoms. The van der Waals surface area contributed by atoms with Crippen LogP contribution < -0.4 is 16.4 Å². The fraction of sp³-hybridized carbons (Fsp3) is 0.800. The lowest BCUT2D eigenvalue weighted by molar-refractivity contribution is -0.119. The maximum atomic E-state index is 10.8. The molecule has 0 aliphatic heterocycles. The first kappa shape index (κ1) is 15.1. The van der Waals surface area contributed by atoms with Crippen molar-refractivity contribution >= 4 is 23.2 Å². The summed E-state index contributed by atoms with van der Waals surface area (Å²) in [5.74, 6) is -0.356. The number of thiocarbonyl (C=S) groups is 1. The van der Waals surface area contributed by atoms with E-state index in [0.717, 1.165) is 0 Å². The highest BCUT2D eigenvalue weighted by Gasteiger charge is 2.21. The van der Waals surface area contributed by atoms with Crippen molar-refractivity contribution in [2.75, 3.05) is 13.7 Å². The molecular formula is C10H21N3O2S. The lowest BCUT2D eigenvalue weighted by Gasteiger charge is -2.28. The smallest absolute Gasteiger partial charge is 0.219 e. The van der Waals surface area contributed by atoms with E-state index < -0.39 is 5.54 Å². The summed E-state index contributed by atoms with van der Waals surface area (Å²) in [6, 6.07) is 0.120. The Morgan fingerprint density at radius 2 is 2.12 bits per heavy atom. The van der Waals surface area contributed by atoms with Crippen molar-refractivity contribution in [1.29, 1.82) is 0 Å². The molecule has 6 heteroatoms. The Labute approximate surface area is 102 Å². The van der Waals surface area contributed by atoms with Crippen LogP contribution in [0.15, 0.2) is 0 Å². The lowest BCUT2D eigenvalue weighted by atomic mass is 10.0. The number of nitrogens with two attached hydrogens (primary N) is 1. The van der Waals surface area contributed by atoms with E-state index >= 15 is 0 Å². The topological polar surface area (TPSA) is 76.4 Å². The summed E-state index contributed by atoms with van der Waals surface area (Å²) in [5.41, 5.74) is 4.70. The Kier molecular flexibility index (Phi) is 6.28. The van der Waals surface area contributed by atoms with E-state index in [-0.39, 0.29) is 18.4 Å². The summed E-state index contributed by atoms with van der Waals surface area (Å²) >= 11 is 5.12. The number of hydrogen-bond donors (Lipinski definition) is 3. The molecule has 0 saturated heterocycles. The van der Waals surface area contributed by atoms with E-state index in [9.17, 15) is 4.79 Å². The van der Waals surface area contributed by atoms with Gasteiger partial charge in [0.1, 0.15) is 0 Å². The Morgan fingerprint density at radius 1 is 1.56 bits per heavy atom. The number of carbonyl (C=O) groups excluding carboxylic acids is 1. The van der Waals surface area contributed by atoms with Crippen LogP contribution in [0.5, 0.6) is 0 Å². The predicted molar refractivity (Wildman–Crippen MR) is 68.1 cm³/mol. The predicted octanol–water partition coefficient (Wildman–Crippen LogP) is 0.139. The zero-order valence-electron chi connectivity index (χ0n) is 10.3. The highest BCUT2D eigenvalue weighted by molar-refractivity contribution is 7.80. The zero-order chi connectivity index (χ0) is 12.8. The molecule has 5 nitrogen and oxygen atoms in total. The number of nitrogens with one attached hydrogen (secondary N) is 2. The first-order chi connectivity index (χ1) is 7.26. The van der Waals surface area contributed by atoms with Crippen LogP contribution in [0.1, 0.15) is 27.2 Å². The molecule has 0 aliphatic rings. The number of carbonyl (C=O) groups is 1. The highest BCUT2D eigenvalue weighted by Crippen LogP contribution is 2.06. The van der Waals surface area contributed by atoms with Gasteiger partial charge in [0.15, 0.2) is 5.11 Å². The van der Waals surface area contributed by atoms with Gasteiger partial charge >= 0.3 is 0 Å². The van der Waals surface area contributed by atoms with Crippen molar-refractivity contribution in [2.24, 2.45) is 5.73 Å². The number of primary amides is 1. The molecule has 1 atom stereocenters. The Bertz CT molecular complexity index is 256. The maximum Gasteiger partial charge on any atom is 0.219 e. The van der Waals surface area contributed by atoms with E-state index in [4.69, 9.17) is 22.7 Å². The molecule has 0 saturated carbocycles. The quantitative estimate of drug-likeness (QED) is 0.582. The molecule has 0 rings (SSSR count). The van der Waals surface area contributed by atoms with Crippen molar-refractivity contribution < 1.29 is 9.53 Å². The minimum absolute atomic E-state index is 0.120. The molecular weight excluding hydrogens is 226 g/mol. The van der Waals surface area contributed by atoms with E-state index in [1.165, 1.54) is 0 Å². The molecule has 0 bridgehead atoms. The summed E-state index contributed by atoms with van der Waals surface area (Å²) in [7, 11) is 1.63. The monoisotopic (exact) mass is 247 g/mol. The molecule has 0 radical (unpaired) electrons. The summed E-state index contributed by atoms with van der Waals surface area (Å²) in [6.45, 7) is 6.26. The summed E-state index contributed by atoms with van der Waals surface area (Å²) < 4.78 is 4.98. The van der Waals surface area contributed by atoms with Crippen LogP contribution in [0.4, 0.5) is 0 Å². The minimum atomic E-state index is -0.442. The van der Waals surface area contributed by atoms with Crippen LogP contribution in [-0.2, 0) is 9.53 Å². The van der Waals surface area contributed by atoms with Gasteiger partial charge in [-0.05, 0) is 33.0 Å². The van der Waals surface area contributed by atoms with Gasteiger partial charge in [0.25, 0.3) is 0 Å². The third-order valence-electron chi connectivity index (χ3n) is 1.86. The molecule has 0 aromatic rings. The fourth-order valence-corrected chi connectivity index (χ4v) is 1.82. The van der Waals surface area contributed by atoms with Gasteiger partial charge < -0.3 is 21.1 Å². The number of hydrogen-bond acceptors (Lipinski definition) is 3. The van der Waals surface area contributed by atoms with Gasteiger partial charge in [-0.25, -0.2) is 0 Å². The second-order valence-electron chi connectivity index (χ2n) is 4.48. The first-order valence-electron chi connectivity index (χ1n) is 5.13. The molecule has 0 heterocycles. The van der Waals surface area contributed by atoms with E-state index in [1.807, 2.05) is 20.8 Å². The molecule has 0 aromatic heterocycles. The van der Waals surface area contributed by atoms with Gasteiger partial charge in [-0.3, -0.25) is 4.79 Å². The standard InChI is InChI=1S/C10H21N3O2S/c1-7(6-15-4)12-9(16)13-10(2,3)5-8(11)14/h7H,5-6H2,1-4H3,(H2,11,14)(H2,12,13,16). The van der Waals surface area contributed by atoms with Crippen molar-refractivity contribution in [3.8, 4) is 0 Å². The van der Waals surface area contributed by atoms with E-state index in [2.05, 4.69) is 10.6 Å². The van der Waals surface area contributed by atoms with Crippen LogP contribution in [0, 0.1) is 0 Å². The SMILES string of the molecule is COCC(C)NC(=S)NC(C)(C)CC(N)=O. The Morgan fingerprint density at radius 3 is 2.56 bits per heavy atom. The second-order valence-corrected chi connectivity index (χ2v) is 4.89. The van der Waals surface area contributed by atoms with Crippen molar-refractivity contribution in [2.45, 2.75) is 38.8 Å². The average Bonchev–Trinajstić information content (AvgIpc) is 1.98. The number of rotatable bonds is 6. The maximum absolute atomic E-state index is 10.8. The van der Waals surface area contributed by atoms with Crippen LogP contribution in [-0.4, -0.2) is 36.3 Å². The van der Waals surface area contributed by atoms with Crippen molar-refractivity contribution in [3.05, 3.63) is 0 Å². The third-order valence-corrected chi connectivity index (χ3v) is 2.08. The van der Waals surface area contributed by atoms with Crippen LogP contribution in [0.3, 0.4) is 0 Å². The summed E-state index contributed by atoms with van der Waals surface area (Å²) in [6.07, 6.45) is 0.230. The van der Waals surface area contributed by atoms with Gasteiger partial charge in [-0.2, -0.15) is 0 Å². The Hall–Kier alpha value is -0.880. The van der Waals surface area contributed by atoms with Crippen LogP contribution in [0.2, 0.25) is 0 Å². The molecule has 0 fully saturated rings. The van der Waals surface area contributed by atoms with Gasteiger partial charge in [0, 0.05) is 25.1 Å². The molecule has 0 aliphatic carbocycles. The normalized spacial score (nSPS) is 13.0. The van der Waals surface area contributed by atoms with Crippen LogP contribution in [0.25, 0.3) is 0 Å². The minimum Gasteiger partial charge on any atom is -0.383 e. The molecule has 0 aromatic carbocycles. The van der Waals surface area contributed by atoms with Gasteiger partial charge in [0.2, 0.25) is 5.91 Å². The molecule has 4 N–H and O–H groups in total. The second kappa shape index (κ2) is 6.65. The number of methoxy groups -OCH3 is 1. The summed E-state index contributed by atoms with van der Waals surface area (Å²) in [4.78, 5) is 10.8. The Balaban J connectivity index is 4.07.